The maximum Gasteiger partial charge on any atom is 0.245 e. The standard InChI is InChI=1S/C18H18N4O2/c1-2-23-17-10-15(11-19-18-20-13-21-22-18)8-9-16(17)24-12-14-6-4-3-5-7-14/h3-11,13H,2,12H2,1H3,(H,20,21,22)/b19-11+. The summed E-state index contributed by atoms with van der Waals surface area (Å²) in [5.41, 5.74) is 2.00. The van der Waals surface area contributed by atoms with Crippen molar-refractivity contribution in [3.63, 3.8) is 0 Å². The van der Waals surface area contributed by atoms with Crippen LogP contribution in [0.5, 0.6) is 11.5 Å². The Morgan fingerprint density at radius 2 is 1.96 bits per heavy atom. The summed E-state index contributed by atoms with van der Waals surface area (Å²) in [5, 5.41) is 6.44. The van der Waals surface area contributed by atoms with Crippen LogP contribution in [0.2, 0.25) is 0 Å². The van der Waals surface area contributed by atoms with Gasteiger partial charge in [0, 0.05) is 6.21 Å². The van der Waals surface area contributed by atoms with Crippen molar-refractivity contribution in [1.29, 1.82) is 0 Å². The molecule has 1 aromatic heterocycles. The normalized spacial score (nSPS) is 10.9. The van der Waals surface area contributed by atoms with Crippen LogP contribution in [-0.4, -0.2) is 28.0 Å². The van der Waals surface area contributed by atoms with Gasteiger partial charge in [0.05, 0.1) is 6.61 Å². The lowest BCUT2D eigenvalue weighted by Gasteiger charge is -2.12. The number of nitrogens with one attached hydrogen (secondary N) is 1. The van der Waals surface area contributed by atoms with Gasteiger partial charge in [0.15, 0.2) is 11.5 Å². The highest BCUT2D eigenvalue weighted by Crippen LogP contribution is 2.29. The Morgan fingerprint density at radius 3 is 2.71 bits per heavy atom. The predicted molar refractivity (Wildman–Crippen MR) is 92.0 cm³/mol. The molecule has 6 heteroatoms. The Morgan fingerprint density at radius 1 is 1.08 bits per heavy atom. The van der Waals surface area contributed by atoms with Crippen molar-refractivity contribution >= 4 is 12.2 Å². The Labute approximate surface area is 140 Å². The molecule has 2 aromatic carbocycles. The molecule has 0 aliphatic rings. The van der Waals surface area contributed by atoms with Gasteiger partial charge in [-0.25, -0.2) is 10.1 Å². The van der Waals surface area contributed by atoms with Crippen LogP contribution < -0.4 is 9.47 Å². The van der Waals surface area contributed by atoms with Gasteiger partial charge in [-0.15, -0.1) is 0 Å². The molecule has 122 valence electrons. The molecule has 0 spiro atoms. The van der Waals surface area contributed by atoms with E-state index in [4.69, 9.17) is 9.47 Å². The quantitative estimate of drug-likeness (QED) is 0.675. The van der Waals surface area contributed by atoms with Gasteiger partial charge in [0.1, 0.15) is 12.9 Å². The van der Waals surface area contributed by atoms with Gasteiger partial charge in [0.25, 0.3) is 0 Å². The molecule has 0 bridgehead atoms. The van der Waals surface area contributed by atoms with Crippen LogP contribution in [0.15, 0.2) is 59.9 Å². The van der Waals surface area contributed by atoms with Crippen LogP contribution in [-0.2, 0) is 6.61 Å². The summed E-state index contributed by atoms with van der Waals surface area (Å²) in [4.78, 5) is 8.16. The smallest absolute Gasteiger partial charge is 0.245 e. The molecule has 0 saturated carbocycles. The number of aromatic nitrogens is 3. The van der Waals surface area contributed by atoms with E-state index in [1.54, 1.807) is 6.21 Å². The molecular weight excluding hydrogens is 304 g/mol. The Balaban J connectivity index is 1.74. The molecule has 0 aliphatic heterocycles. The summed E-state index contributed by atoms with van der Waals surface area (Å²) in [7, 11) is 0. The van der Waals surface area contributed by atoms with Crippen LogP contribution in [0.25, 0.3) is 0 Å². The van der Waals surface area contributed by atoms with Crippen LogP contribution in [0.1, 0.15) is 18.1 Å². The molecule has 0 aliphatic carbocycles. The van der Waals surface area contributed by atoms with Crippen LogP contribution in [0, 0.1) is 0 Å². The molecular formula is C18H18N4O2. The van der Waals surface area contributed by atoms with Gasteiger partial charge in [-0.05, 0) is 36.2 Å². The molecule has 0 fully saturated rings. The summed E-state index contributed by atoms with van der Waals surface area (Å²) < 4.78 is 11.6. The molecule has 1 N–H and O–H groups in total. The average molecular weight is 322 g/mol. The number of hydrogen-bond acceptors (Lipinski definition) is 5. The minimum atomic E-state index is 0.456. The molecule has 24 heavy (non-hydrogen) atoms. The largest absolute Gasteiger partial charge is 0.490 e. The third kappa shape index (κ3) is 4.19. The van der Waals surface area contributed by atoms with Gasteiger partial charge >= 0.3 is 0 Å². The highest BCUT2D eigenvalue weighted by molar-refractivity contribution is 5.82. The lowest BCUT2D eigenvalue weighted by Crippen LogP contribution is -2.00. The average Bonchev–Trinajstić information content (AvgIpc) is 3.14. The predicted octanol–water partition coefficient (Wildman–Crippen LogP) is 3.53. The Kier molecular flexibility index (Phi) is 5.19. The third-order valence-corrected chi connectivity index (χ3v) is 3.24. The van der Waals surface area contributed by atoms with Gasteiger partial charge in [0.2, 0.25) is 5.95 Å². The second-order valence-electron chi connectivity index (χ2n) is 4.98. The van der Waals surface area contributed by atoms with Gasteiger partial charge in [-0.1, -0.05) is 30.3 Å². The van der Waals surface area contributed by atoms with Crippen LogP contribution in [0.4, 0.5) is 5.95 Å². The highest BCUT2D eigenvalue weighted by atomic mass is 16.5. The summed E-state index contributed by atoms with van der Waals surface area (Å²) in [6, 6.07) is 15.7. The van der Waals surface area contributed by atoms with Crippen molar-refractivity contribution in [2.75, 3.05) is 6.61 Å². The Hall–Kier alpha value is -3.15. The van der Waals surface area contributed by atoms with E-state index in [0.717, 1.165) is 11.1 Å². The fourth-order valence-electron chi connectivity index (χ4n) is 2.12. The van der Waals surface area contributed by atoms with Crippen molar-refractivity contribution in [2.45, 2.75) is 13.5 Å². The van der Waals surface area contributed by atoms with Crippen LogP contribution >= 0.6 is 0 Å². The van der Waals surface area contributed by atoms with Crippen molar-refractivity contribution < 1.29 is 9.47 Å². The molecule has 3 rings (SSSR count). The minimum Gasteiger partial charge on any atom is -0.490 e. The van der Waals surface area contributed by atoms with E-state index in [1.807, 2.05) is 55.5 Å². The first-order chi connectivity index (χ1) is 11.8. The van der Waals surface area contributed by atoms with Crippen molar-refractivity contribution in [3.05, 3.63) is 66.0 Å². The summed E-state index contributed by atoms with van der Waals surface area (Å²) in [6.07, 6.45) is 3.11. The minimum absolute atomic E-state index is 0.456. The first-order valence-electron chi connectivity index (χ1n) is 7.68. The summed E-state index contributed by atoms with van der Waals surface area (Å²) >= 11 is 0. The lowest BCUT2D eigenvalue weighted by atomic mass is 10.2. The molecule has 3 aromatic rings. The first kappa shape index (κ1) is 15.7. The van der Waals surface area contributed by atoms with Crippen molar-refractivity contribution in [3.8, 4) is 11.5 Å². The number of hydrogen-bond donors (Lipinski definition) is 1. The zero-order valence-electron chi connectivity index (χ0n) is 13.3. The molecule has 0 radical (unpaired) electrons. The molecule has 0 unspecified atom stereocenters. The third-order valence-electron chi connectivity index (χ3n) is 3.24. The van der Waals surface area contributed by atoms with E-state index in [9.17, 15) is 0 Å². The monoisotopic (exact) mass is 322 g/mol. The fourth-order valence-corrected chi connectivity index (χ4v) is 2.12. The fraction of sp³-hybridized carbons (Fsp3) is 0.167. The van der Waals surface area contributed by atoms with Gasteiger partial charge in [-0.3, -0.25) is 0 Å². The second kappa shape index (κ2) is 7.92. The number of ether oxygens (including phenoxy) is 2. The van der Waals surface area contributed by atoms with E-state index >= 15 is 0 Å². The SMILES string of the molecule is CCOc1cc(/C=N/c2ncn[nH]2)ccc1OCc1ccccc1. The molecule has 6 nitrogen and oxygen atoms in total. The highest BCUT2D eigenvalue weighted by Gasteiger charge is 2.06. The van der Waals surface area contributed by atoms with E-state index < -0.39 is 0 Å². The number of benzene rings is 2. The zero-order chi connectivity index (χ0) is 16.6. The molecule has 0 amide bonds. The van der Waals surface area contributed by atoms with Crippen molar-refractivity contribution in [2.24, 2.45) is 4.99 Å². The van der Waals surface area contributed by atoms with E-state index in [0.29, 0.717) is 30.7 Å². The Bertz CT molecular complexity index is 786. The van der Waals surface area contributed by atoms with Crippen molar-refractivity contribution in [1.82, 2.24) is 15.2 Å². The molecule has 0 saturated heterocycles. The van der Waals surface area contributed by atoms with E-state index in [1.165, 1.54) is 6.33 Å². The number of aliphatic imine (C=N–C) groups is 1. The first-order valence-corrected chi connectivity index (χ1v) is 7.68. The number of H-pyrrole nitrogens is 1. The van der Waals surface area contributed by atoms with Crippen LogP contribution in [0.3, 0.4) is 0 Å². The molecule has 1 heterocycles. The van der Waals surface area contributed by atoms with Gasteiger partial charge in [-0.2, -0.15) is 10.1 Å². The number of aromatic amines is 1. The second-order valence-corrected chi connectivity index (χ2v) is 4.98. The van der Waals surface area contributed by atoms with E-state index in [2.05, 4.69) is 20.2 Å². The summed E-state index contributed by atoms with van der Waals surface area (Å²) in [6.45, 7) is 2.99. The van der Waals surface area contributed by atoms with Gasteiger partial charge < -0.3 is 9.47 Å². The number of rotatable bonds is 7. The summed E-state index contributed by atoms with van der Waals surface area (Å²) in [5.74, 6) is 1.85. The van der Waals surface area contributed by atoms with E-state index in [-0.39, 0.29) is 0 Å². The lowest BCUT2D eigenvalue weighted by molar-refractivity contribution is 0.269. The number of nitrogens with zero attached hydrogens (tertiary/aromatic N) is 3. The maximum absolute atomic E-state index is 5.88. The zero-order valence-corrected chi connectivity index (χ0v) is 13.3. The molecule has 0 atom stereocenters. The topological polar surface area (TPSA) is 72.4 Å². The maximum atomic E-state index is 5.88.